The summed E-state index contributed by atoms with van der Waals surface area (Å²) in [5.74, 6) is -0.543. The number of hydrogen-bond acceptors (Lipinski definition) is 6. The minimum absolute atomic E-state index is 0.0317. The second kappa shape index (κ2) is 49.8. The van der Waals surface area contributed by atoms with Crippen LogP contribution in [0.15, 0.2) is 85.1 Å². The zero-order valence-corrected chi connectivity index (χ0v) is 46.9. The van der Waals surface area contributed by atoms with Gasteiger partial charge in [-0.2, -0.15) is 0 Å². The van der Waals surface area contributed by atoms with Gasteiger partial charge in [0.25, 0.3) is 0 Å². The normalized spacial score (nSPS) is 14.4. The molecule has 0 saturated heterocycles. The monoisotopic (exact) mass is 1000 g/mol. The van der Waals surface area contributed by atoms with Gasteiger partial charge in [0.2, 0.25) is 5.91 Å². The molecule has 0 heterocycles. The Morgan fingerprint density at radius 1 is 0.514 bits per heavy atom. The lowest BCUT2D eigenvalue weighted by molar-refractivity contribution is -0.870. The molecular weight excluding hydrogens is 892 g/mol. The summed E-state index contributed by atoms with van der Waals surface area (Å²) in [6, 6.07) is -0.863. The van der Waals surface area contributed by atoms with Crippen molar-refractivity contribution < 1.29 is 37.3 Å². The number of amides is 1. The second-order valence-electron chi connectivity index (χ2n) is 20.1. The first-order chi connectivity index (χ1) is 33.9. The van der Waals surface area contributed by atoms with E-state index in [1.54, 1.807) is 0 Å². The fourth-order valence-electron chi connectivity index (χ4n) is 7.65. The molecule has 0 rings (SSSR count). The first-order valence-corrected chi connectivity index (χ1v) is 29.9. The summed E-state index contributed by atoms with van der Waals surface area (Å²) >= 11 is 0. The molecule has 10 heteroatoms. The molecule has 0 aromatic heterocycles. The first-order valence-electron chi connectivity index (χ1n) is 28.4. The highest BCUT2D eigenvalue weighted by molar-refractivity contribution is 7.47. The van der Waals surface area contributed by atoms with Gasteiger partial charge in [0, 0.05) is 12.8 Å². The highest BCUT2D eigenvalue weighted by atomic mass is 31.2. The van der Waals surface area contributed by atoms with Crippen molar-refractivity contribution in [3.05, 3.63) is 85.1 Å². The number of ether oxygens (including phenoxy) is 1. The third kappa shape index (κ3) is 50.1. The second-order valence-corrected chi connectivity index (χ2v) is 21.5. The molecular formula is C60H108N2O7P+. The van der Waals surface area contributed by atoms with E-state index < -0.39 is 20.0 Å². The molecule has 404 valence electrons. The first kappa shape index (κ1) is 67.2. The summed E-state index contributed by atoms with van der Waals surface area (Å²) in [5, 5.41) is 3.03. The predicted octanol–water partition coefficient (Wildman–Crippen LogP) is 17.0. The topological polar surface area (TPSA) is 111 Å². The number of phosphoric ester groups is 1. The fraction of sp³-hybridized carbons (Fsp3) is 0.733. The lowest BCUT2D eigenvalue weighted by Gasteiger charge is -2.27. The van der Waals surface area contributed by atoms with Crippen LogP contribution < -0.4 is 5.32 Å². The van der Waals surface area contributed by atoms with Gasteiger partial charge in [-0.05, 0) is 96.0 Å². The highest BCUT2D eigenvalue weighted by Crippen LogP contribution is 2.43. The predicted molar refractivity (Wildman–Crippen MR) is 300 cm³/mol. The fourth-order valence-corrected chi connectivity index (χ4v) is 8.39. The summed E-state index contributed by atoms with van der Waals surface area (Å²) in [6.07, 6.45) is 64.3. The number of nitrogens with one attached hydrogen (secondary N) is 1. The minimum atomic E-state index is -4.45. The molecule has 70 heavy (non-hydrogen) atoms. The number of phosphoric acid groups is 1. The number of hydrogen-bond donors (Lipinski definition) is 2. The van der Waals surface area contributed by atoms with Crippen LogP contribution in [0.1, 0.15) is 233 Å². The highest BCUT2D eigenvalue weighted by Gasteiger charge is 2.30. The number of carbonyl (C=O) groups excluding carboxylic acids is 2. The van der Waals surface area contributed by atoms with Crippen molar-refractivity contribution >= 4 is 19.7 Å². The Balaban J connectivity index is 5.33. The van der Waals surface area contributed by atoms with Crippen LogP contribution in [0.5, 0.6) is 0 Å². The maximum absolute atomic E-state index is 13.4. The lowest BCUT2D eigenvalue weighted by atomic mass is 10.0. The van der Waals surface area contributed by atoms with E-state index in [9.17, 15) is 19.0 Å². The van der Waals surface area contributed by atoms with Gasteiger partial charge < -0.3 is 19.4 Å². The Kier molecular flexibility index (Phi) is 47.8. The van der Waals surface area contributed by atoms with Crippen LogP contribution in [0.2, 0.25) is 0 Å². The van der Waals surface area contributed by atoms with Gasteiger partial charge in [0.15, 0.2) is 0 Å². The van der Waals surface area contributed by atoms with Crippen LogP contribution in [0.25, 0.3) is 0 Å². The van der Waals surface area contributed by atoms with Crippen LogP contribution >= 0.6 is 7.82 Å². The van der Waals surface area contributed by atoms with Crippen molar-refractivity contribution in [3.8, 4) is 0 Å². The average molecular weight is 1000 g/mol. The van der Waals surface area contributed by atoms with Gasteiger partial charge in [-0.15, -0.1) is 0 Å². The van der Waals surface area contributed by atoms with E-state index in [1.807, 2.05) is 33.3 Å². The van der Waals surface area contributed by atoms with Gasteiger partial charge in [-0.3, -0.25) is 18.6 Å². The summed E-state index contributed by atoms with van der Waals surface area (Å²) in [6.45, 7) is 6.82. The molecule has 0 radical (unpaired) electrons. The molecule has 9 nitrogen and oxygen atoms in total. The third-order valence-electron chi connectivity index (χ3n) is 12.1. The Bertz CT molecular complexity index is 1480. The van der Waals surface area contributed by atoms with E-state index in [4.69, 9.17) is 13.8 Å². The SMILES string of the molecule is CC/C=C\C/C=C\C/C=C\C/C=C\C/C=C\CCCCCCCC(=O)OC(/C=C\CCCCCCCCCCCC)C(COP(=O)(O)OCC[N+](C)(C)C)NC(=O)CCCCCCC/C=C\CCCC. The molecule has 1 amide bonds. The molecule has 0 bridgehead atoms. The van der Waals surface area contributed by atoms with Crippen LogP contribution in [0, 0.1) is 0 Å². The van der Waals surface area contributed by atoms with Crippen LogP contribution in [-0.4, -0.2) is 74.3 Å². The molecule has 0 saturated carbocycles. The number of allylic oxidation sites excluding steroid dienone is 13. The zero-order valence-electron chi connectivity index (χ0n) is 46.0. The summed E-state index contributed by atoms with van der Waals surface area (Å²) in [5.41, 5.74) is 0. The molecule has 3 unspecified atom stereocenters. The van der Waals surface area contributed by atoms with Crippen molar-refractivity contribution in [1.29, 1.82) is 0 Å². The number of esters is 1. The standard InChI is InChI=1S/C60H107N2O7P/c1-7-10-13-16-19-22-25-27-28-29-30-31-32-33-34-35-38-41-44-47-50-53-60(64)69-58(51-48-45-42-39-37-26-23-20-17-14-11-8-2)57(56-68-70(65,66)67-55-54-62(4,5)6)61-59(63)52-49-46-43-40-36-24-21-18-15-12-9-3/h10,13,18-19,21-22,27-28,30-31,33-34,48,51,57-58H,7-9,11-12,14-17,20,23-26,29,32,35-47,49-50,52-56H2,1-6H3,(H-,61,63,65,66)/p+1/b13-10-,21-18-,22-19-,28-27-,31-30-,34-33-,51-48-. The van der Waals surface area contributed by atoms with Gasteiger partial charge >= 0.3 is 13.8 Å². The van der Waals surface area contributed by atoms with Gasteiger partial charge in [0.1, 0.15) is 19.3 Å². The van der Waals surface area contributed by atoms with E-state index in [0.29, 0.717) is 23.9 Å². The number of rotatable bonds is 50. The molecule has 0 aliphatic rings. The number of likely N-dealkylation sites (N-methyl/N-ethyl adjacent to an activating group) is 1. The molecule has 0 aliphatic heterocycles. The smallest absolute Gasteiger partial charge is 0.456 e. The number of unbranched alkanes of at least 4 members (excludes halogenated alkanes) is 22. The van der Waals surface area contributed by atoms with E-state index in [0.717, 1.165) is 128 Å². The van der Waals surface area contributed by atoms with Crippen molar-refractivity contribution in [3.63, 3.8) is 0 Å². The van der Waals surface area contributed by atoms with E-state index in [2.05, 4.69) is 99.0 Å². The Morgan fingerprint density at radius 3 is 1.43 bits per heavy atom. The molecule has 3 atom stereocenters. The Morgan fingerprint density at radius 2 is 0.929 bits per heavy atom. The van der Waals surface area contributed by atoms with E-state index in [1.165, 1.54) is 64.2 Å². The average Bonchev–Trinajstić information content (AvgIpc) is 3.32. The quantitative estimate of drug-likeness (QED) is 0.0205. The minimum Gasteiger partial charge on any atom is -0.456 e. The molecule has 0 fully saturated rings. The van der Waals surface area contributed by atoms with E-state index in [-0.39, 0.29) is 31.5 Å². The largest absolute Gasteiger partial charge is 0.472 e. The van der Waals surface area contributed by atoms with Gasteiger partial charge in [-0.1, -0.05) is 209 Å². The van der Waals surface area contributed by atoms with Crippen LogP contribution in [-0.2, 0) is 27.9 Å². The third-order valence-corrected chi connectivity index (χ3v) is 13.1. The number of nitrogens with zero attached hydrogens (tertiary/aromatic N) is 1. The number of quaternary nitrogens is 1. The van der Waals surface area contributed by atoms with Gasteiger partial charge in [-0.25, -0.2) is 4.57 Å². The number of carbonyl (C=O) groups is 2. The van der Waals surface area contributed by atoms with Crippen LogP contribution in [0.4, 0.5) is 0 Å². The summed E-state index contributed by atoms with van der Waals surface area (Å²) in [7, 11) is 1.47. The molecule has 0 aliphatic carbocycles. The maximum Gasteiger partial charge on any atom is 0.472 e. The molecule has 2 N–H and O–H groups in total. The molecule has 0 aromatic carbocycles. The van der Waals surface area contributed by atoms with E-state index >= 15 is 0 Å². The van der Waals surface area contributed by atoms with Crippen molar-refractivity contribution in [2.24, 2.45) is 0 Å². The van der Waals surface area contributed by atoms with Crippen molar-refractivity contribution in [2.45, 2.75) is 245 Å². The zero-order chi connectivity index (χ0) is 51.5. The summed E-state index contributed by atoms with van der Waals surface area (Å²) in [4.78, 5) is 37.5. The van der Waals surface area contributed by atoms with Crippen LogP contribution in [0.3, 0.4) is 0 Å². The Hall–Kier alpha value is -2.81. The lowest BCUT2D eigenvalue weighted by Crippen LogP contribution is -2.47. The Labute approximate surface area is 431 Å². The summed E-state index contributed by atoms with van der Waals surface area (Å²) < 4.78 is 30.5. The molecule has 0 spiro atoms. The molecule has 0 aromatic rings. The van der Waals surface area contributed by atoms with Crippen molar-refractivity contribution in [2.75, 3.05) is 40.9 Å². The maximum atomic E-state index is 13.4. The van der Waals surface area contributed by atoms with Crippen molar-refractivity contribution in [1.82, 2.24) is 5.32 Å². The van der Waals surface area contributed by atoms with Gasteiger partial charge in [0.05, 0.1) is 33.8 Å².